The summed E-state index contributed by atoms with van der Waals surface area (Å²) in [5, 5.41) is 14.9. The van der Waals surface area contributed by atoms with Gasteiger partial charge in [-0.1, -0.05) is 11.2 Å². The van der Waals surface area contributed by atoms with Crippen LogP contribution < -0.4 is 10.1 Å². The number of azide groups is 1. The molecule has 8 heteroatoms. The van der Waals surface area contributed by atoms with Gasteiger partial charge in [0.05, 0.1) is 11.7 Å². The van der Waals surface area contributed by atoms with Gasteiger partial charge in [-0.2, -0.15) is 0 Å². The number of amides is 1. The fraction of sp³-hybridized carbons (Fsp3) is 0.333. The van der Waals surface area contributed by atoms with Crippen molar-refractivity contribution in [2.75, 3.05) is 11.9 Å². The molecule has 1 unspecified atom stereocenters. The second-order valence-electron chi connectivity index (χ2n) is 4.25. The largest absolute Gasteiger partial charge is 0.482 e. The van der Waals surface area contributed by atoms with Crippen LogP contribution in [-0.4, -0.2) is 23.6 Å². The fourth-order valence-electron chi connectivity index (χ4n) is 1.92. The lowest BCUT2D eigenvalue weighted by molar-refractivity contribution is -0.137. The van der Waals surface area contributed by atoms with Crippen LogP contribution in [0.25, 0.3) is 10.4 Å². The predicted octanol–water partition coefficient (Wildman–Crippen LogP) is 2.23. The number of carbonyl (C=O) groups is 2. The van der Waals surface area contributed by atoms with Crippen molar-refractivity contribution in [3.63, 3.8) is 0 Å². The topological polar surface area (TPSA) is 124 Å². The van der Waals surface area contributed by atoms with Gasteiger partial charge in [0, 0.05) is 11.3 Å². The third kappa shape index (κ3) is 3.18. The minimum Gasteiger partial charge on any atom is -0.482 e. The number of hydrogen-bond donors (Lipinski definition) is 2. The third-order valence-corrected chi connectivity index (χ3v) is 2.84. The summed E-state index contributed by atoms with van der Waals surface area (Å²) < 4.78 is 5.22. The maximum Gasteiger partial charge on any atom is 0.303 e. The first-order chi connectivity index (χ1) is 9.60. The zero-order valence-corrected chi connectivity index (χ0v) is 10.4. The zero-order valence-electron chi connectivity index (χ0n) is 10.4. The number of benzene rings is 1. The van der Waals surface area contributed by atoms with Crippen LogP contribution in [-0.2, 0) is 9.59 Å². The van der Waals surface area contributed by atoms with E-state index in [0.29, 0.717) is 17.0 Å². The molecule has 0 fully saturated rings. The van der Waals surface area contributed by atoms with Crippen molar-refractivity contribution < 1.29 is 19.4 Å². The predicted molar refractivity (Wildman–Crippen MR) is 69.3 cm³/mol. The Bertz CT molecular complexity index is 595. The molecule has 1 aliphatic heterocycles. The molecule has 1 aromatic carbocycles. The number of rotatable bonds is 5. The quantitative estimate of drug-likeness (QED) is 0.486. The Kier molecular flexibility index (Phi) is 4.07. The Labute approximate surface area is 114 Å². The van der Waals surface area contributed by atoms with E-state index in [2.05, 4.69) is 15.3 Å². The van der Waals surface area contributed by atoms with Gasteiger partial charge in [0.1, 0.15) is 5.75 Å². The second-order valence-corrected chi connectivity index (χ2v) is 4.25. The molecule has 20 heavy (non-hydrogen) atoms. The van der Waals surface area contributed by atoms with E-state index < -0.39 is 12.0 Å². The summed E-state index contributed by atoms with van der Waals surface area (Å²) in [6.07, 6.45) is 0.0800. The van der Waals surface area contributed by atoms with Gasteiger partial charge >= 0.3 is 5.97 Å². The van der Waals surface area contributed by atoms with E-state index in [4.69, 9.17) is 15.4 Å². The number of aliphatic carboxylic acids is 1. The Morgan fingerprint density at radius 2 is 2.40 bits per heavy atom. The van der Waals surface area contributed by atoms with Crippen LogP contribution >= 0.6 is 0 Å². The smallest absolute Gasteiger partial charge is 0.303 e. The molecule has 1 atom stereocenters. The summed E-state index contributed by atoms with van der Waals surface area (Å²) in [6, 6.07) is 4.38. The van der Waals surface area contributed by atoms with Gasteiger partial charge in [0.2, 0.25) is 0 Å². The lowest BCUT2D eigenvalue weighted by atomic mass is 10.0. The number of ether oxygens (including phenoxy) is 1. The molecule has 1 heterocycles. The number of carboxylic acid groups (broad SMARTS) is 1. The number of hydrogen-bond acceptors (Lipinski definition) is 4. The van der Waals surface area contributed by atoms with Gasteiger partial charge in [-0.25, -0.2) is 0 Å². The highest BCUT2D eigenvalue weighted by Gasteiger charge is 2.19. The number of carbonyl (C=O) groups excluding carboxylic acids is 1. The van der Waals surface area contributed by atoms with E-state index in [-0.39, 0.29) is 25.4 Å². The van der Waals surface area contributed by atoms with E-state index >= 15 is 0 Å². The number of anilines is 1. The van der Waals surface area contributed by atoms with Crippen molar-refractivity contribution in [1.82, 2.24) is 0 Å². The SMILES string of the molecule is [N-]=[N+]=NC(CCC(=O)O)c1ccc2c(c1)NC(=O)CO2. The van der Waals surface area contributed by atoms with Gasteiger partial charge in [-0.3, -0.25) is 9.59 Å². The molecular formula is C12H12N4O4. The number of nitrogens with one attached hydrogen (secondary N) is 1. The Morgan fingerprint density at radius 1 is 1.60 bits per heavy atom. The van der Waals surface area contributed by atoms with E-state index in [1.54, 1.807) is 18.2 Å². The van der Waals surface area contributed by atoms with Crippen LogP contribution in [0, 0.1) is 0 Å². The van der Waals surface area contributed by atoms with Gasteiger partial charge in [-0.05, 0) is 29.6 Å². The van der Waals surface area contributed by atoms with E-state index in [1.807, 2.05) is 0 Å². The van der Waals surface area contributed by atoms with E-state index in [1.165, 1.54) is 0 Å². The van der Waals surface area contributed by atoms with Crippen molar-refractivity contribution in [3.05, 3.63) is 34.2 Å². The standard InChI is InChI=1S/C12H12N4O4/c13-16-15-8(2-4-12(18)19)7-1-3-10-9(5-7)14-11(17)6-20-10/h1,3,5,8H,2,4,6H2,(H,14,17)(H,18,19). The van der Waals surface area contributed by atoms with E-state index in [9.17, 15) is 9.59 Å². The average molecular weight is 276 g/mol. The molecule has 2 rings (SSSR count). The minimum atomic E-state index is -0.960. The molecule has 0 spiro atoms. The molecule has 0 saturated heterocycles. The van der Waals surface area contributed by atoms with Crippen molar-refractivity contribution in [2.24, 2.45) is 5.11 Å². The molecule has 2 N–H and O–H groups in total. The fourth-order valence-corrected chi connectivity index (χ4v) is 1.92. The molecule has 1 amide bonds. The normalized spacial score (nSPS) is 14.3. The highest BCUT2D eigenvalue weighted by molar-refractivity contribution is 5.95. The van der Waals surface area contributed by atoms with Crippen molar-refractivity contribution in [3.8, 4) is 5.75 Å². The molecule has 0 radical (unpaired) electrons. The molecule has 1 aliphatic rings. The molecular weight excluding hydrogens is 264 g/mol. The summed E-state index contributed by atoms with van der Waals surface area (Å²) in [7, 11) is 0. The number of fused-ring (bicyclic) bond motifs is 1. The van der Waals surface area contributed by atoms with Crippen molar-refractivity contribution >= 4 is 17.6 Å². The first-order valence-electron chi connectivity index (χ1n) is 5.92. The average Bonchev–Trinajstić information content (AvgIpc) is 2.42. The third-order valence-electron chi connectivity index (χ3n) is 2.84. The van der Waals surface area contributed by atoms with Crippen LogP contribution in [0.2, 0.25) is 0 Å². The highest BCUT2D eigenvalue weighted by atomic mass is 16.5. The van der Waals surface area contributed by atoms with Gasteiger partial charge in [-0.15, -0.1) is 0 Å². The number of carboxylic acids is 1. The van der Waals surface area contributed by atoms with Crippen molar-refractivity contribution in [2.45, 2.75) is 18.9 Å². The summed E-state index contributed by atoms with van der Waals surface area (Å²) in [5.41, 5.74) is 9.69. The molecule has 8 nitrogen and oxygen atoms in total. The van der Waals surface area contributed by atoms with Crippen LogP contribution in [0.5, 0.6) is 5.75 Å². The van der Waals surface area contributed by atoms with Crippen LogP contribution in [0.15, 0.2) is 23.3 Å². The van der Waals surface area contributed by atoms with Gasteiger partial charge in [0.25, 0.3) is 5.91 Å². The highest BCUT2D eigenvalue weighted by Crippen LogP contribution is 2.33. The van der Waals surface area contributed by atoms with Crippen LogP contribution in [0.1, 0.15) is 24.4 Å². The maximum absolute atomic E-state index is 11.3. The zero-order chi connectivity index (χ0) is 14.5. The summed E-state index contributed by atoms with van der Waals surface area (Å²) >= 11 is 0. The van der Waals surface area contributed by atoms with Crippen molar-refractivity contribution in [1.29, 1.82) is 0 Å². The van der Waals surface area contributed by atoms with Crippen LogP contribution in [0.3, 0.4) is 0 Å². The first kappa shape index (κ1) is 13.7. The number of nitrogens with zero attached hydrogens (tertiary/aromatic N) is 3. The van der Waals surface area contributed by atoms with E-state index in [0.717, 1.165) is 0 Å². The first-order valence-corrected chi connectivity index (χ1v) is 5.92. The molecule has 104 valence electrons. The molecule has 0 aromatic heterocycles. The van der Waals surface area contributed by atoms with Gasteiger partial charge < -0.3 is 15.2 Å². The summed E-state index contributed by atoms with van der Waals surface area (Å²) in [4.78, 5) is 24.6. The molecule has 0 saturated carbocycles. The lowest BCUT2D eigenvalue weighted by Crippen LogP contribution is -2.25. The lowest BCUT2D eigenvalue weighted by Gasteiger charge is -2.20. The summed E-state index contributed by atoms with van der Waals surface area (Å²) in [6.45, 7) is -0.0366. The monoisotopic (exact) mass is 276 g/mol. The van der Waals surface area contributed by atoms with Gasteiger partial charge in [0.15, 0.2) is 6.61 Å². The Morgan fingerprint density at radius 3 is 3.10 bits per heavy atom. The minimum absolute atomic E-state index is 0.0366. The Balaban J connectivity index is 2.24. The Hall–Kier alpha value is -2.73. The molecule has 0 bridgehead atoms. The summed E-state index contributed by atoms with van der Waals surface area (Å²) in [5.74, 6) is -0.690. The second kappa shape index (κ2) is 5.94. The molecule has 1 aromatic rings. The molecule has 0 aliphatic carbocycles. The van der Waals surface area contributed by atoms with Crippen LogP contribution in [0.4, 0.5) is 5.69 Å². The maximum atomic E-state index is 11.3.